The minimum absolute atomic E-state index is 0.00112. The predicted molar refractivity (Wildman–Crippen MR) is 97.5 cm³/mol. The fourth-order valence-electron chi connectivity index (χ4n) is 3.20. The van der Waals surface area contributed by atoms with Gasteiger partial charge in [-0.1, -0.05) is 28.1 Å². The average molecular weight is 420 g/mol. The Morgan fingerprint density at radius 3 is 2.73 bits per heavy atom. The predicted octanol–water partition coefficient (Wildman–Crippen LogP) is 2.51. The van der Waals surface area contributed by atoms with Crippen LogP contribution in [-0.2, 0) is 11.3 Å². The van der Waals surface area contributed by atoms with E-state index in [1.807, 2.05) is 0 Å². The van der Waals surface area contributed by atoms with Gasteiger partial charge in [0.2, 0.25) is 0 Å². The molecule has 0 aliphatic heterocycles. The van der Waals surface area contributed by atoms with Crippen molar-refractivity contribution in [1.29, 1.82) is 0 Å². The van der Waals surface area contributed by atoms with E-state index in [0.29, 0.717) is 34.3 Å². The van der Waals surface area contributed by atoms with Crippen molar-refractivity contribution in [2.45, 2.75) is 32.7 Å². The molecule has 8 heteroatoms. The maximum Gasteiger partial charge on any atom is 0.379 e. The molecule has 1 atom stereocenters. The largest absolute Gasteiger partial charge is 0.422 e. The number of carbonyl (C=O) groups excluding carboxylic acids is 2. The minimum atomic E-state index is -0.836. The lowest BCUT2D eigenvalue weighted by Crippen LogP contribution is -2.30. The molecule has 1 aliphatic carbocycles. The maximum absolute atomic E-state index is 13.0. The fourth-order valence-corrected chi connectivity index (χ4v) is 3.61. The number of nitrogens with zero attached hydrogens (tertiary/aromatic N) is 3. The third-order valence-corrected chi connectivity index (χ3v) is 5.03. The van der Waals surface area contributed by atoms with Gasteiger partial charge in [0.15, 0.2) is 11.6 Å². The van der Waals surface area contributed by atoms with Gasteiger partial charge in [-0.25, -0.2) is 9.48 Å². The summed E-state index contributed by atoms with van der Waals surface area (Å²) in [5.41, 5.74) is 0.828. The number of Topliss-reactive ketones (excluding diaryl/α,β-unsaturated/α-hetero) is 2. The van der Waals surface area contributed by atoms with E-state index < -0.39 is 11.6 Å². The Morgan fingerprint density at radius 1 is 1.38 bits per heavy atom. The van der Waals surface area contributed by atoms with Gasteiger partial charge >= 0.3 is 5.69 Å². The monoisotopic (exact) mass is 419 g/mol. The van der Waals surface area contributed by atoms with Crippen molar-refractivity contribution in [3.05, 3.63) is 62.3 Å². The van der Waals surface area contributed by atoms with Gasteiger partial charge in [0.05, 0.1) is 6.54 Å². The number of carbonyl (C=O) groups is 2. The Balaban J connectivity index is 2.01. The molecule has 0 bridgehead atoms. The quantitative estimate of drug-likeness (QED) is 0.355. The van der Waals surface area contributed by atoms with E-state index in [2.05, 4.69) is 27.6 Å². The summed E-state index contributed by atoms with van der Waals surface area (Å²) >= 11 is 3.36. The normalized spacial score (nSPS) is 17.5. The second-order valence-electron chi connectivity index (χ2n) is 6.38. The van der Waals surface area contributed by atoms with Gasteiger partial charge in [0, 0.05) is 16.5 Å². The van der Waals surface area contributed by atoms with Crippen LogP contribution in [0, 0.1) is 12.8 Å². The number of rotatable bonds is 4. The molecule has 1 saturated carbocycles. The first-order valence-electron chi connectivity index (χ1n) is 8.18. The number of hydrogen-bond donors (Lipinski definition) is 1. The molecule has 0 spiro atoms. The number of hydrogen-bond acceptors (Lipinski definition) is 5. The summed E-state index contributed by atoms with van der Waals surface area (Å²) in [4.78, 5) is 37.3. The molecule has 7 nitrogen and oxygen atoms in total. The Bertz CT molecular complexity index is 957. The lowest BCUT2D eigenvalue weighted by Gasteiger charge is -2.23. The summed E-state index contributed by atoms with van der Waals surface area (Å²) < 4.78 is 2.25. The number of halogens is 1. The minimum Gasteiger partial charge on any atom is -0.422 e. The lowest BCUT2D eigenvalue weighted by molar-refractivity contribution is -0.121. The molecule has 1 aromatic carbocycles. The van der Waals surface area contributed by atoms with Crippen molar-refractivity contribution >= 4 is 27.5 Å². The molecule has 0 radical (unpaired) electrons. The van der Waals surface area contributed by atoms with Crippen LogP contribution in [-0.4, -0.2) is 31.3 Å². The van der Waals surface area contributed by atoms with Gasteiger partial charge in [-0.15, -0.1) is 4.73 Å². The Kier molecular flexibility index (Phi) is 4.95. The molecule has 1 fully saturated rings. The third-order valence-electron chi connectivity index (χ3n) is 4.54. The van der Waals surface area contributed by atoms with E-state index >= 15 is 0 Å². The standard InChI is InChI=1S/C18H18BrN3O4/c1-10-4-3-5-15(23)16(10)17(24)14-7-6-13(19)8-12(14)9-21-18(25)22(26)11(2)20-21/h6-8,16,26H,1,3-5,9H2,2H3. The molecule has 1 aromatic heterocycles. The van der Waals surface area contributed by atoms with Crippen LogP contribution in [0.4, 0.5) is 0 Å². The van der Waals surface area contributed by atoms with Crippen molar-refractivity contribution in [3.8, 4) is 0 Å². The van der Waals surface area contributed by atoms with Crippen molar-refractivity contribution in [2.75, 3.05) is 0 Å². The molecular formula is C18H18BrN3O4. The second-order valence-corrected chi connectivity index (χ2v) is 7.29. The van der Waals surface area contributed by atoms with Crippen LogP contribution >= 0.6 is 15.9 Å². The molecular weight excluding hydrogens is 402 g/mol. The third kappa shape index (κ3) is 3.29. The van der Waals surface area contributed by atoms with Crippen molar-refractivity contribution in [3.63, 3.8) is 0 Å². The molecule has 26 heavy (non-hydrogen) atoms. The van der Waals surface area contributed by atoms with E-state index in [9.17, 15) is 19.6 Å². The van der Waals surface area contributed by atoms with Crippen LogP contribution in [0.3, 0.4) is 0 Å². The molecule has 1 N–H and O–H groups in total. The van der Waals surface area contributed by atoms with Gasteiger partial charge in [0.25, 0.3) is 0 Å². The van der Waals surface area contributed by atoms with E-state index in [1.165, 1.54) is 6.92 Å². The first-order chi connectivity index (χ1) is 12.3. The van der Waals surface area contributed by atoms with Crippen LogP contribution < -0.4 is 5.69 Å². The van der Waals surface area contributed by atoms with Crippen LogP contribution in [0.15, 0.2) is 39.6 Å². The van der Waals surface area contributed by atoms with Crippen LogP contribution in [0.1, 0.15) is 41.0 Å². The van der Waals surface area contributed by atoms with Crippen LogP contribution in [0.2, 0.25) is 0 Å². The van der Waals surface area contributed by atoms with Crippen molar-refractivity contribution in [2.24, 2.45) is 5.92 Å². The molecule has 136 valence electrons. The van der Waals surface area contributed by atoms with E-state index in [1.54, 1.807) is 18.2 Å². The number of aryl methyl sites for hydroxylation is 1. The summed E-state index contributed by atoms with van der Waals surface area (Å²) in [6, 6.07) is 5.05. The summed E-state index contributed by atoms with van der Waals surface area (Å²) in [5, 5.41) is 13.6. The molecule has 0 saturated heterocycles. The highest BCUT2D eigenvalue weighted by Gasteiger charge is 2.33. The number of benzene rings is 1. The van der Waals surface area contributed by atoms with Gasteiger partial charge < -0.3 is 5.21 Å². The average Bonchev–Trinajstić information content (AvgIpc) is 2.82. The van der Waals surface area contributed by atoms with E-state index in [0.717, 1.165) is 15.6 Å². The second kappa shape index (κ2) is 7.03. The van der Waals surface area contributed by atoms with Gasteiger partial charge in [-0.2, -0.15) is 5.10 Å². The smallest absolute Gasteiger partial charge is 0.379 e. The molecule has 1 heterocycles. The Morgan fingerprint density at radius 2 is 2.12 bits per heavy atom. The fraction of sp³-hybridized carbons (Fsp3) is 0.333. The molecule has 2 aromatic rings. The Hall–Kier alpha value is -2.48. The number of allylic oxidation sites excluding steroid dienone is 1. The summed E-state index contributed by atoms with van der Waals surface area (Å²) in [5.74, 6) is -1.12. The highest BCUT2D eigenvalue weighted by molar-refractivity contribution is 9.10. The van der Waals surface area contributed by atoms with Gasteiger partial charge in [0.1, 0.15) is 11.7 Å². The number of aromatic nitrogens is 3. The Labute approximate surface area is 158 Å². The summed E-state index contributed by atoms with van der Waals surface area (Å²) in [7, 11) is 0. The molecule has 0 amide bonds. The first-order valence-corrected chi connectivity index (χ1v) is 8.97. The molecule has 1 aliphatic rings. The highest BCUT2D eigenvalue weighted by Crippen LogP contribution is 2.30. The summed E-state index contributed by atoms with van der Waals surface area (Å²) in [6.07, 6.45) is 1.74. The summed E-state index contributed by atoms with van der Waals surface area (Å²) in [6.45, 7) is 5.39. The first kappa shape index (κ1) is 18.3. The van der Waals surface area contributed by atoms with Gasteiger partial charge in [-0.3, -0.25) is 9.59 Å². The maximum atomic E-state index is 13.0. The zero-order valence-corrected chi connectivity index (χ0v) is 15.8. The lowest BCUT2D eigenvalue weighted by atomic mass is 9.79. The topological polar surface area (TPSA) is 94.2 Å². The van der Waals surface area contributed by atoms with E-state index in [-0.39, 0.29) is 23.9 Å². The van der Waals surface area contributed by atoms with E-state index in [4.69, 9.17) is 0 Å². The zero-order valence-electron chi connectivity index (χ0n) is 14.2. The molecule has 1 unspecified atom stereocenters. The van der Waals surface area contributed by atoms with Crippen molar-refractivity contribution < 1.29 is 14.8 Å². The van der Waals surface area contributed by atoms with Crippen molar-refractivity contribution in [1.82, 2.24) is 14.5 Å². The SMILES string of the molecule is C=C1CCCC(=O)C1C(=O)c1ccc(Br)cc1Cn1nc(C)n(O)c1=O. The van der Waals surface area contributed by atoms with Crippen LogP contribution in [0.5, 0.6) is 0 Å². The zero-order chi connectivity index (χ0) is 19.0. The molecule has 3 rings (SSSR count). The van der Waals surface area contributed by atoms with Gasteiger partial charge in [-0.05, 0) is 43.5 Å². The van der Waals surface area contributed by atoms with Crippen LogP contribution in [0.25, 0.3) is 0 Å². The number of ketones is 2. The highest BCUT2D eigenvalue weighted by atomic mass is 79.9.